The number of hydrogen-bond acceptors (Lipinski definition) is 2. The molecule has 0 fully saturated rings. The van der Waals surface area contributed by atoms with Crippen LogP contribution in [-0.4, -0.2) is 11.1 Å². The molecule has 0 saturated heterocycles. The van der Waals surface area contributed by atoms with Gasteiger partial charge in [-0.1, -0.05) is 40.2 Å². The number of aliphatic carboxylic acids is 1. The van der Waals surface area contributed by atoms with E-state index in [1.165, 1.54) is 6.08 Å². The summed E-state index contributed by atoms with van der Waals surface area (Å²) in [6.07, 6.45) is 2.64. The van der Waals surface area contributed by atoms with Gasteiger partial charge < -0.3 is 9.84 Å². The Bertz CT molecular complexity index is 635. The standard InChI is InChI=1S/C16H13BrO3/c17-14-5-1-4-13(9-14)11-20-15-6-2-3-12(10-15)7-8-16(18)19/h1-10H,11H2,(H,18,19)/b8-7+. The smallest absolute Gasteiger partial charge is 0.328 e. The van der Waals surface area contributed by atoms with Crippen LogP contribution in [0.15, 0.2) is 59.1 Å². The minimum Gasteiger partial charge on any atom is -0.489 e. The fraction of sp³-hybridized carbons (Fsp3) is 0.0625. The number of halogens is 1. The second kappa shape index (κ2) is 6.91. The summed E-state index contributed by atoms with van der Waals surface area (Å²) in [5, 5.41) is 8.60. The highest BCUT2D eigenvalue weighted by atomic mass is 79.9. The molecule has 102 valence electrons. The van der Waals surface area contributed by atoms with Crippen LogP contribution < -0.4 is 4.74 Å². The molecule has 2 rings (SSSR count). The highest BCUT2D eigenvalue weighted by molar-refractivity contribution is 9.10. The predicted molar refractivity (Wildman–Crippen MR) is 81.6 cm³/mol. The highest BCUT2D eigenvalue weighted by Gasteiger charge is 1.98. The molecule has 0 atom stereocenters. The Labute approximate surface area is 125 Å². The first-order chi connectivity index (χ1) is 9.63. The van der Waals surface area contributed by atoms with Crippen LogP contribution in [0.5, 0.6) is 5.75 Å². The first-order valence-corrected chi connectivity index (χ1v) is 6.81. The zero-order valence-electron chi connectivity index (χ0n) is 10.6. The number of benzene rings is 2. The molecular formula is C16H13BrO3. The Morgan fingerprint density at radius 3 is 2.75 bits per heavy atom. The van der Waals surface area contributed by atoms with Gasteiger partial charge in [0.15, 0.2) is 0 Å². The van der Waals surface area contributed by atoms with Crippen molar-refractivity contribution in [1.29, 1.82) is 0 Å². The molecule has 0 radical (unpaired) electrons. The van der Waals surface area contributed by atoms with E-state index in [1.807, 2.05) is 42.5 Å². The van der Waals surface area contributed by atoms with Crippen molar-refractivity contribution >= 4 is 28.0 Å². The third kappa shape index (κ3) is 4.55. The Morgan fingerprint density at radius 1 is 1.20 bits per heavy atom. The van der Waals surface area contributed by atoms with Gasteiger partial charge in [-0.05, 0) is 41.5 Å². The summed E-state index contributed by atoms with van der Waals surface area (Å²) >= 11 is 3.41. The molecule has 0 aliphatic rings. The first kappa shape index (κ1) is 14.3. The van der Waals surface area contributed by atoms with Gasteiger partial charge in [0.2, 0.25) is 0 Å². The van der Waals surface area contributed by atoms with Gasteiger partial charge in [-0.15, -0.1) is 0 Å². The van der Waals surface area contributed by atoms with E-state index in [2.05, 4.69) is 15.9 Å². The predicted octanol–water partition coefficient (Wildman–Crippen LogP) is 4.13. The van der Waals surface area contributed by atoms with Crippen molar-refractivity contribution in [2.24, 2.45) is 0 Å². The topological polar surface area (TPSA) is 46.5 Å². The SMILES string of the molecule is O=C(O)/C=C/c1cccc(OCc2cccc(Br)c2)c1. The lowest BCUT2D eigenvalue weighted by Crippen LogP contribution is -1.95. The summed E-state index contributed by atoms with van der Waals surface area (Å²) in [5.74, 6) is -0.261. The molecular weight excluding hydrogens is 320 g/mol. The molecule has 20 heavy (non-hydrogen) atoms. The zero-order valence-corrected chi connectivity index (χ0v) is 12.2. The Hall–Kier alpha value is -2.07. The molecule has 0 spiro atoms. The van der Waals surface area contributed by atoms with E-state index in [4.69, 9.17) is 9.84 Å². The van der Waals surface area contributed by atoms with Crippen molar-refractivity contribution in [3.8, 4) is 5.75 Å². The van der Waals surface area contributed by atoms with Crippen LogP contribution >= 0.6 is 15.9 Å². The van der Waals surface area contributed by atoms with Crippen molar-refractivity contribution in [2.75, 3.05) is 0 Å². The van der Waals surface area contributed by atoms with Crippen LogP contribution in [0.3, 0.4) is 0 Å². The van der Waals surface area contributed by atoms with E-state index < -0.39 is 5.97 Å². The van der Waals surface area contributed by atoms with Crippen molar-refractivity contribution in [1.82, 2.24) is 0 Å². The molecule has 0 aliphatic carbocycles. The van der Waals surface area contributed by atoms with Gasteiger partial charge in [-0.25, -0.2) is 4.79 Å². The molecule has 4 heteroatoms. The molecule has 0 amide bonds. The quantitative estimate of drug-likeness (QED) is 0.837. The minimum atomic E-state index is -0.967. The van der Waals surface area contributed by atoms with E-state index in [9.17, 15) is 4.79 Å². The summed E-state index contributed by atoms with van der Waals surface area (Å²) in [4.78, 5) is 10.5. The first-order valence-electron chi connectivity index (χ1n) is 6.02. The van der Waals surface area contributed by atoms with Gasteiger partial charge in [0, 0.05) is 10.5 Å². The van der Waals surface area contributed by atoms with Crippen LogP contribution in [0.4, 0.5) is 0 Å². The molecule has 0 saturated carbocycles. The van der Waals surface area contributed by atoms with E-state index in [0.29, 0.717) is 12.4 Å². The fourth-order valence-electron chi connectivity index (χ4n) is 1.67. The number of carbonyl (C=O) groups is 1. The van der Waals surface area contributed by atoms with Gasteiger partial charge in [0.1, 0.15) is 12.4 Å². The number of rotatable bonds is 5. The van der Waals surface area contributed by atoms with Crippen LogP contribution in [-0.2, 0) is 11.4 Å². The second-order valence-corrected chi connectivity index (χ2v) is 5.08. The van der Waals surface area contributed by atoms with Crippen LogP contribution in [0.2, 0.25) is 0 Å². The third-order valence-electron chi connectivity index (χ3n) is 2.57. The van der Waals surface area contributed by atoms with Crippen LogP contribution in [0, 0.1) is 0 Å². The summed E-state index contributed by atoms with van der Waals surface area (Å²) in [6.45, 7) is 0.464. The van der Waals surface area contributed by atoms with Gasteiger partial charge in [-0.3, -0.25) is 0 Å². The number of hydrogen-bond donors (Lipinski definition) is 1. The Balaban J connectivity index is 2.03. The van der Waals surface area contributed by atoms with Crippen molar-refractivity contribution in [3.05, 3.63) is 70.2 Å². The average molecular weight is 333 g/mol. The molecule has 0 unspecified atom stereocenters. The van der Waals surface area contributed by atoms with E-state index in [0.717, 1.165) is 21.7 Å². The Kier molecular flexibility index (Phi) is 4.96. The zero-order chi connectivity index (χ0) is 14.4. The van der Waals surface area contributed by atoms with Crippen LogP contribution in [0.25, 0.3) is 6.08 Å². The van der Waals surface area contributed by atoms with Crippen molar-refractivity contribution < 1.29 is 14.6 Å². The second-order valence-electron chi connectivity index (χ2n) is 4.16. The molecule has 1 N–H and O–H groups in total. The molecule has 2 aromatic carbocycles. The van der Waals surface area contributed by atoms with Gasteiger partial charge in [-0.2, -0.15) is 0 Å². The molecule has 0 bridgehead atoms. The molecule has 3 nitrogen and oxygen atoms in total. The highest BCUT2D eigenvalue weighted by Crippen LogP contribution is 2.17. The lowest BCUT2D eigenvalue weighted by atomic mass is 10.2. The maximum atomic E-state index is 10.5. The average Bonchev–Trinajstić information content (AvgIpc) is 2.43. The van der Waals surface area contributed by atoms with Gasteiger partial charge >= 0.3 is 5.97 Å². The molecule has 2 aromatic rings. The molecule has 0 aliphatic heterocycles. The van der Waals surface area contributed by atoms with E-state index in [1.54, 1.807) is 6.07 Å². The summed E-state index contributed by atoms with van der Waals surface area (Å²) < 4.78 is 6.70. The van der Waals surface area contributed by atoms with Gasteiger partial charge in [0.05, 0.1) is 0 Å². The van der Waals surface area contributed by atoms with E-state index in [-0.39, 0.29) is 0 Å². The van der Waals surface area contributed by atoms with Crippen molar-refractivity contribution in [2.45, 2.75) is 6.61 Å². The molecule has 0 heterocycles. The normalized spacial score (nSPS) is 10.7. The minimum absolute atomic E-state index is 0.464. The fourth-order valence-corrected chi connectivity index (χ4v) is 2.12. The van der Waals surface area contributed by atoms with Crippen LogP contribution in [0.1, 0.15) is 11.1 Å². The number of ether oxygens (including phenoxy) is 1. The van der Waals surface area contributed by atoms with E-state index >= 15 is 0 Å². The number of carboxylic acid groups (broad SMARTS) is 1. The summed E-state index contributed by atoms with van der Waals surface area (Å²) in [5.41, 5.74) is 1.85. The monoisotopic (exact) mass is 332 g/mol. The number of carboxylic acids is 1. The lowest BCUT2D eigenvalue weighted by molar-refractivity contribution is -0.131. The third-order valence-corrected chi connectivity index (χ3v) is 3.06. The largest absolute Gasteiger partial charge is 0.489 e. The maximum absolute atomic E-state index is 10.5. The summed E-state index contributed by atoms with van der Waals surface area (Å²) in [7, 11) is 0. The molecule has 0 aromatic heterocycles. The lowest BCUT2D eigenvalue weighted by Gasteiger charge is -2.07. The van der Waals surface area contributed by atoms with Crippen molar-refractivity contribution in [3.63, 3.8) is 0 Å². The van der Waals surface area contributed by atoms with Gasteiger partial charge in [0.25, 0.3) is 0 Å². The Morgan fingerprint density at radius 2 is 2.00 bits per heavy atom. The summed E-state index contributed by atoms with van der Waals surface area (Å²) in [6, 6.07) is 15.2. The maximum Gasteiger partial charge on any atom is 0.328 e.